The Hall–Kier alpha value is -3.17. The molecule has 1 aromatic rings. The minimum Gasteiger partial charge on any atom is -0.464 e. The lowest BCUT2D eigenvalue weighted by Crippen LogP contribution is -2.41. The highest BCUT2D eigenvalue weighted by molar-refractivity contribution is 6.05. The molecule has 1 aromatic heterocycles. The standard InChI is InChI=1S/C16H21N3O7/c1-16(2,3)26-15(25)18(11-7-4-5-9-17-11)10-6-8-12(20)19(13(21)22)14(23)24/h4-5,7,9H,6,8,10H2,1-3H3,(H,21,22)(H,23,24). The molecule has 4 amide bonds. The number of rotatable bonds is 5. The van der Waals surface area contributed by atoms with Crippen LogP contribution < -0.4 is 4.90 Å². The fourth-order valence-corrected chi connectivity index (χ4v) is 1.93. The van der Waals surface area contributed by atoms with Gasteiger partial charge in [-0.05, 0) is 39.3 Å². The molecule has 0 aromatic carbocycles. The minimum atomic E-state index is -1.88. The Morgan fingerprint density at radius 2 is 1.73 bits per heavy atom. The maximum atomic E-state index is 12.4. The van der Waals surface area contributed by atoms with Crippen LogP contribution in [0.2, 0.25) is 0 Å². The third-order valence-electron chi connectivity index (χ3n) is 2.94. The second kappa shape index (κ2) is 8.79. The molecule has 142 valence electrons. The first-order chi connectivity index (χ1) is 12.0. The summed E-state index contributed by atoms with van der Waals surface area (Å²) in [7, 11) is 0. The van der Waals surface area contributed by atoms with Gasteiger partial charge in [-0.3, -0.25) is 9.69 Å². The van der Waals surface area contributed by atoms with Gasteiger partial charge in [-0.2, -0.15) is 0 Å². The second-order valence-electron chi connectivity index (χ2n) is 6.22. The molecule has 0 aliphatic carbocycles. The topological polar surface area (TPSA) is 137 Å². The van der Waals surface area contributed by atoms with Crippen LogP contribution in [0.5, 0.6) is 0 Å². The Bertz CT molecular complexity index is 656. The number of carboxylic acid groups (broad SMARTS) is 2. The van der Waals surface area contributed by atoms with Gasteiger partial charge in [0.2, 0.25) is 5.91 Å². The van der Waals surface area contributed by atoms with Crippen molar-refractivity contribution in [2.45, 2.75) is 39.2 Å². The van der Waals surface area contributed by atoms with Crippen molar-refractivity contribution in [3.05, 3.63) is 24.4 Å². The van der Waals surface area contributed by atoms with Gasteiger partial charge in [0, 0.05) is 19.2 Å². The summed E-state index contributed by atoms with van der Waals surface area (Å²) in [5.41, 5.74) is -0.747. The molecule has 0 atom stereocenters. The number of pyridine rings is 1. The average molecular weight is 367 g/mol. The summed E-state index contributed by atoms with van der Waals surface area (Å²) >= 11 is 0. The zero-order valence-corrected chi connectivity index (χ0v) is 14.7. The van der Waals surface area contributed by atoms with Crippen molar-refractivity contribution in [2.75, 3.05) is 11.4 Å². The van der Waals surface area contributed by atoms with Crippen molar-refractivity contribution in [3.63, 3.8) is 0 Å². The van der Waals surface area contributed by atoms with Crippen LogP contribution in [0, 0.1) is 0 Å². The summed E-state index contributed by atoms with van der Waals surface area (Å²) in [5, 5.41) is 17.5. The zero-order valence-electron chi connectivity index (χ0n) is 14.7. The molecule has 26 heavy (non-hydrogen) atoms. The summed E-state index contributed by atoms with van der Waals surface area (Å²) in [6.07, 6.45) is -3.32. The van der Waals surface area contributed by atoms with E-state index in [0.717, 1.165) is 0 Å². The van der Waals surface area contributed by atoms with E-state index in [2.05, 4.69) is 4.98 Å². The Kier molecular flexibility index (Phi) is 7.06. The summed E-state index contributed by atoms with van der Waals surface area (Å²) < 4.78 is 5.30. The first kappa shape index (κ1) is 20.9. The lowest BCUT2D eigenvalue weighted by molar-refractivity contribution is -0.127. The lowest BCUT2D eigenvalue weighted by atomic mass is 10.2. The summed E-state index contributed by atoms with van der Waals surface area (Å²) in [5.74, 6) is -0.808. The first-order valence-electron chi connectivity index (χ1n) is 7.73. The highest BCUT2D eigenvalue weighted by Crippen LogP contribution is 2.16. The molecule has 0 bridgehead atoms. The van der Waals surface area contributed by atoms with Gasteiger partial charge in [0.25, 0.3) is 0 Å². The molecule has 2 N–H and O–H groups in total. The van der Waals surface area contributed by atoms with E-state index in [1.54, 1.807) is 39.0 Å². The highest BCUT2D eigenvalue weighted by Gasteiger charge is 2.28. The molecule has 1 rings (SSSR count). The van der Waals surface area contributed by atoms with Gasteiger partial charge < -0.3 is 14.9 Å². The molecule has 0 unspecified atom stereocenters. The molecule has 0 spiro atoms. The number of amides is 4. The largest absolute Gasteiger partial charge is 0.464 e. The maximum Gasteiger partial charge on any atom is 0.423 e. The Labute approximate surface area is 150 Å². The van der Waals surface area contributed by atoms with Crippen LogP contribution >= 0.6 is 0 Å². The van der Waals surface area contributed by atoms with Crippen LogP contribution in [-0.4, -0.2) is 56.4 Å². The predicted molar refractivity (Wildman–Crippen MR) is 89.9 cm³/mol. The van der Waals surface area contributed by atoms with Gasteiger partial charge in [0.1, 0.15) is 11.4 Å². The van der Waals surface area contributed by atoms with E-state index >= 15 is 0 Å². The average Bonchev–Trinajstić information content (AvgIpc) is 2.49. The summed E-state index contributed by atoms with van der Waals surface area (Å²) in [6.45, 7) is 5.08. The number of imide groups is 3. The van der Waals surface area contributed by atoms with Crippen LogP contribution in [0.1, 0.15) is 33.6 Å². The number of hydrogen-bond acceptors (Lipinski definition) is 6. The maximum absolute atomic E-state index is 12.4. The Balaban J connectivity index is 2.81. The van der Waals surface area contributed by atoms with E-state index in [0.29, 0.717) is 5.82 Å². The van der Waals surface area contributed by atoms with Crippen LogP contribution in [-0.2, 0) is 9.53 Å². The third kappa shape index (κ3) is 6.38. The van der Waals surface area contributed by atoms with Crippen molar-refractivity contribution in [1.82, 2.24) is 9.88 Å². The smallest absolute Gasteiger partial charge is 0.423 e. The molecule has 0 saturated carbocycles. The fraction of sp³-hybridized carbons (Fsp3) is 0.438. The van der Waals surface area contributed by atoms with E-state index in [1.807, 2.05) is 0 Å². The van der Waals surface area contributed by atoms with Crippen LogP contribution in [0.3, 0.4) is 0 Å². The quantitative estimate of drug-likeness (QED) is 0.810. The number of hydrogen-bond donors (Lipinski definition) is 2. The van der Waals surface area contributed by atoms with Gasteiger partial charge in [0.05, 0.1) is 0 Å². The second-order valence-corrected chi connectivity index (χ2v) is 6.22. The van der Waals surface area contributed by atoms with E-state index in [4.69, 9.17) is 14.9 Å². The zero-order chi connectivity index (χ0) is 19.9. The number of carbonyl (C=O) groups excluding carboxylic acids is 2. The van der Waals surface area contributed by atoms with E-state index in [9.17, 15) is 19.2 Å². The van der Waals surface area contributed by atoms with E-state index in [-0.39, 0.29) is 24.3 Å². The summed E-state index contributed by atoms with van der Waals surface area (Å²) in [6, 6.07) is 4.91. The first-order valence-corrected chi connectivity index (χ1v) is 7.73. The van der Waals surface area contributed by atoms with Crippen molar-refractivity contribution < 1.29 is 34.1 Å². The van der Waals surface area contributed by atoms with Gasteiger partial charge in [-0.15, -0.1) is 4.90 Å². The molecule has 0 saturated heterocycles. The molecular formula is C16H21N3O7. The Morgan fingerprint density at radius 1 is 1.12 bits per heavy atom. The Morgan fingerprint density at radius 3 is 2.19 bits per heavy atom. The number of ether oxygens (including phenoxy) is 1. The van der Waals surface area contributed by atoms with E-state index < -0.39 is 29.8 Å². The number of aromatic nitrogens is 1. The highest BCUT2D eigenvalue weighted by atomic mass is 16.6. The molecule has 0 aliphatic rings. The van der Waals surface area contributed by atoms with Crippen LogP contribution in [0.25, 0.3) is 0 Å². The monoisotopic (exact) mass is 367 g/mol. The fourth-order valence-electron chi connectivity index (χ4n) is 1.93. The molecular weight excluding hydrogens is 346 g/mol. The molecule has 1 heterocycles. The lowest BCUT2D eigenvalue weighted by Gasteiger charge is -2.26. The van der Waals surface area contributed by atoms with Gasteiger partial charge in [0.15, 0.2) is 0 Å². The van der Waals surface area contributed by atoms with Crippen molar-refractivity contribution in [3.8, 4) is 0 Å². The molecule has 0 radical (unpaired) electrons. The minimum absolute atomic E-state index is 0.00918. The van der Waals surface area contributed by atoms with E-state index in [1.165, 1.54) is 11.1 Å². The van der Waals surface area contributed by atoms with Gasteiger partial charge in [-0.1, -0.05) is 6.07 Å². The van der Waals surface area contributed by atoms with Crippen molar-refractivity contribution >= 4 is 30.0 Å². The number of nitrogens with zero attached hydrogens (tertiary/aromatic N) is 3. The van der Waals surface area contributed by atoms with Crippen molar-refractivity contribution in [1.29, 1.82) is 0 Å². The normalized spacial score (nSPS) is 10.7. The molecule has 0 aliphatic heterocycles. The predicted octanol–water partition coefficient (Wildman–Crippen LogP) is 2.79. The molecule has 10 heteroatoms. The third-order valence-corrected chi connectivity index (χ3v) is 2.94. The van der Waals surface area contributed by atoms with Gasteiger partial charge in [-0.25, -0.2) is 19.4 Å². The number of carbonyl (C=O) groups is 4. The summed E-state index contributed by atoms with van der Waals surface area (Å²) in [4.78, 5) is 50.7. The van der Waals surface area contributed by atoms with Crippen LogP contribution in [0.15, 0.2) is 24.4 Å². The van der Waals surface area contributed by atoms with Crippen LogP contribution in [0.4, 0.5) is 20.2 Å². The SMILES string of the molecule is CC(C)(C)OC(=O)N(CCCC(=O)N(C(=O)O)C(=O)O)c1ccccn1. The van der Waals surface area contributed by atoms with Crippen molar-refractivity contribution in [2.24, 2.45) is 0 Å². The van der Waals surface area contributed by atoms with Gasteiger partial charge >= 0.3 is 18.3 Å². The molecule has 10 nitrogen and oxygen atoms in total. The number of anilines is 1. The molecule has 0 fully saturated rings.